The molecule has 1 aliphatic heterocycles. The van der Waals surface area contributed by atoms with Gasteiger partial charge in [0.15, 0.2) is 11.6 Å². The molecule has 0 aliphatic carbocycles. The van der Waals surface area contributed by atoms with E-state index in [-0.39, 0.29) is 16.8 Å². The molecule has 3 rings (SSSR count). The van der Waals surface area contributed by atoms with Crippen LogP contribution < -0.4 is 4.74 Å². The summed E-state index contributed by atoms with van der Waals surface area (Å²) in [5, 5.41) is 0.666. The van der Waals surface area contributed by atoms with Gasteiger partial charge in [-0.15, -0.1) is 23.5 Å². The Kier molecular flexibility index (Phi) is 6.46. The van der Waals surface area contributed by atoms with Gasteiger partial charge in [-0.3, -0.25) is 9.59 Å². The minimum Gasteiger partial charge on any atom is -0.497 e. The fourth-order valence-corrected chi connectivity index (χ4v) is 5.12. The number of hydrogen-bond donors (Lipinski definition) is 0. The van der Waals surface area contributed by atoms with E-state index >= 15 is 0 Å². The van der Waals surface area contributed by atoms with Crippen LogP contribution in [0, 0.1) is 0 Å². The molecular weight excluding hydrogens is 388 g/mol. The van der Waals surface area contributed by atoms with E-state index in [4.69, 9.17) is 16.3 Å². The summed E-state index contributed by atoms with van der Waals surface area (Å²) in [7, 11) is 1.63. The summed E-state index contributed by atoms with van der Waals surface area (Å²) in [6.45, 7) is 0. The number of benzene rings is 2. The molecule has 0 saturated heterocycles. The van der Waals surface area contributed by atoms with Crippen molar-refractivity contribution in [2.45, 2.75) is 11.7 Å². The summed E-state index contributed by atoms with van der Waals surface area (Å²) in [5.41, 5.74) is 1.71. The standard InChI is InChI=1S/C20H17ClO3S2/c1-24-17-8-4-14(5-9-17)19-10-16(22)11-20(26-19)25-12-18(23)13-2-6-15(21)7-3-13/h2-9,11,19H,10,12H2,1H3. The van der Waals surface area contributed by atoms with Crippen LogP contribution in [0.1, 0.15) is 27.6 Å². The second kappa shape index (κ2) is 8.80. The normalized spacial score (nSPS) is 16.9. The maximum atomic E-state index is 12.3. The predicted octanol–water partition coefficient (Wildman–Crippen LogP) is 5.55. The van der Waals surface area contributed by atoms with Crippen LogP contribution in [-0.4, -0.2) is 24.4 Å². The molecule has 3 nitrogen and oxygen atoms in total. The van der Waals surface area contributed by atoms with Crippen LogP contribution >= 0.6 is 35.1 Å². The third kappa shape index (κ3) is 4.93. The predicted molar refractivity (Wildman–Crippen MR) is 109 cm³/mol. The SMILES string of the molecule is COc1ccc(C2CC(=O)C=C(SCC(=O)c3ccc(Cl)cc3)S2)cc1. The first-order valence-electron chi connectivity index (χ1n) is 8.02. The summed E-state index contributed by atoms with van der Waals surface area (Å²) in [6, 6.07) is 14.6. The van der Waals surface area contributed by atoms with Crippen LogP contribution in [0.2, 0.25) is 5.02 Å². The van der Waals surface area contributed by atoms with Crippen molar-refractivity contribution in [3.8, 4) is 5.75 Å². The molecule has 0 radical (unpaired) electrons. The van der Waals surface area contributed by atoms with Crippen LogP contribution in [0.25, 0.3) is 0 Å². The number of thioether (sulfide) groups is 2. The van der Waals surface area contributed by atoms with Gasteiger partial charge < -0.3 is 4.74 Å². The van der Waals surface area contributed by atoms with Gasteiger partial charge in [0.05, 0.1) is 12.9 Å². The van der Waals surface area contributed by atoms with Crippen LogP contribution in [0.4, 0.5) is 0 Å². The van der Waals surface area contributed by atoms with E-state index in [0.717, 1.165) is 15.6 Å². The Morgan fingerprint density at radius 2 is 1.88 bits per heavy atom. The molecule has 2 aromatic carbocycles. The van der Waals surface area contributed by atoms with Gasteiger partial charge in [0.2, 0.25) is 0 Å². The molecule has 1 aliphatic rings. The summed E-state index contributed by atoms with van der Waals surface area (Å²) in [4.78, 5) is 24.4. The lowest BCUT2D eigenvalue weighted by atomic mass is 10.1. The molecular formula is C20H17ClO3S2. The molecule has 1 unspecified atom stereocenters. The molecule has 0 fully saturated rings. The number of Topliss-reactive ketones (excluding diaryl/α,β-unsaturated/α-hetero) is 1. The monoisotopic (exact) mass is 404 g/mol. The second-order valence-electron chi connectivity index (χ2n) is 5.73. The molecule has 0 amide bonds. The highest BCUT2D eigenvalue weighted by Gasteiger charge is 2.24. The molecule has 0 N–H and O–H groups in total. The van der Waals surface area contributed by atoms with Crippen molar-refractivity contribution >= 4 is 46.7 Å². The Labute approximate surface area is 166 Å². The second-order valence-corrected chi connectivity index (χ2v) is 8.69. The van der Waals surface area contributed by atoms with Crippen molar-refractivity contribution < 1.29 is 14.3 Å². The quantitative estimate of drug-likeness (QED) is 0.590. The zero-order valence-corrected chi connectivity index (χ0v) is 16.5. The summed E-state index contributed by atoms with van der Waals surface area (Å²) in [5.74, 6) is 1.20. The van der Waals surface area contributed by atoms with Crippen molar-refractivity contribution in [2.24, 2.45) is 0 Å². The maximum Gasteiger partial charge on any atom is 0.173 e. The van der Waals surface area contributed by atoms with Crippen molar-refractivity contribution in [3.05, 3.63) is 75.0 Å². The lowest BCUT2D eigenvalue weighted by Crippen LogP contribution is -2.09. The lowest BCUT2D eigenvalue weighted by molar-refractivity contribution is -0.114. The van der Waals surface area contributed by atoms with Gasteiger partial charge in [0, 0.05) is 32.6 Å². The molecule has 1 atom stereocenters. The van der Waals surface area contributed by atoms with Crippen LogP contribution in [-0.2, 0) is 4.79 Å². The molecule has 1 heterocycles. The average molecular weight is 405 g/mol. The van der Waals surface area contributed by atoms with Crippen molar-refractivity contribution in [1.29, 1.82) is 0 Å². The molecule has 0 saturated carbocycles. The Morgan fingerprint density at radius 1 is 1.19 bits per heavy atom. The van der Waals surface area contributed by atoms with Gasteiger partial charge in [-0.05, 0) is 42.0 Å². The summed E-state index contributed by atoms with van der Waals surface area (Å²) in [6.07, 6.45) is 2.11. The molecule has 0 bridgehead atoms. The maximum absolute atomic E-state index is 12.3. The third-order valence-electron chi connectivity index (χ3n) is 3.92. The highest BCUT2D eigenvalue weighted by atomic mass is 35.5. The highest BCUT2D eigenvalue weighted by Crippen LogP contribution is 2.45. The van der Waals surface area contributed by atoms with Crippen molar-refractivity contribution in [3.63, 3.8) is 0 Å². The van der Waals surface area contributed by atoms with E-state index in [1.807, 2.05) is 24.3 Å². The van der Waals surface area contributed by atoms with E-state index < -0.39 is 0 Å². The molecule has 0 spiro atoms. The number of ketones is 2. The topological polar surface area (TPSA) is 43.4 Å². The lowest BCUT2D eigenvalue weighted by Gasteiger charge is -2.21. The fourth-order valence-electron chi connectivity index (χ4n) is 2.52. The van der Waals surface area contributed by atoms with Gasteiger partial charge in [0.1, 0.15) is 5.75 Å². The van der Waals surface area contributed by atoms with Crippen LogP contribution in [0.3, 0.4) is 0 Å². The number of halogens is 1. The van der Waals surface area contributed by atoms with Gasteiger partial charge in [-0.25, -0.2) is 0 Å². The highest BCUT2D eigenvalue weighted by molar-refractivity contribution is 8.22. The van der Waals surface area contributed by atoms with Gasteiger partial charge in [-0.2, -0.15) is 0 Å². The summed E-state index contributed by atoms with van der Waals surface area (Å²) >= 11 is 8.89. The number of carbonyl (C=O) groups is 2. The molecule has 0 aromatic heterocycles. The average Bonchev–Trinajstić information content (AvgIpc) is 2.66. The zero-order chi connectivity index (χ0) is 18.5. The van der Waals surface area contributed by atoms with E-state index in [2.05, 4.69) is 0 Å². The zero-order valence-electron chi connectivity index (χ0n) is 14.1. The van der Waals surface area contributed by atoms with E-state index in [0.29, 0.717) is 22.8 Å². The molecule has 26 heavy (non-hydrogen) atoms. The largest absolute Gasteiger partial charge is 0.497 e. The fraction of sp³-hybridized carbons (Fsp3) is 0.200. The van der Waals surface area contributed by atoms with E-state index in [1.165, 1.54) is 11.8 Å². The molecule has 6 heteroatoms. The van der Waals surface area contributed by atoms with Gasteiger partial charge >= 0.3 is 0 Å². The van der Waals surface area contributed by atoms with E-state index in [9.17, 15) is 9.59 Å². The first-order valence-corrected chi connectivity index (χ1v) is 10.3. The molecule has 2 aromatic rings. The van der Waals surface area contributed by atoms with Crippen molar-refractivity contribution in [1.82, 2.24) is 0 Å². The first kappa shape index (κ1) is 19.1. The number of methoxy groups -OCH3 is 1. The minimum absolute atomic E-state index is 0.0205. The van der Waals surface area contributed by atoms with Crippen molar-refractivity contribution in [2.75, 3.05) is 12.9 Å². The van der Waals surface area contributed by atoms with Gasteiger partial charge in [-0.1, -0.05) is 23.7 Å². The smallest absolute Gasteiger partial charge is 0.173 e. The Morgan fingerprint density at radius 3 is 2.54 bits per heavy atom. The van der Waals surface area contributed by atoms with Gasteiger partial charge in [0.25, 0.3) is 0 Å². The Balaban J connectivity index is 1.63. The number of allylic oxidation sites excluding steroid dienone is 1. The number of rotatable bonds is 6. The number of carbonyl (C=O) groups excluding carboxylic acids is 2. The Bertz CT molecular complexity index is 829. The number of ether oxygens (including phenoxy) is 1. The first-order chi connectivity index (χ1) is 12.5. The van der Waals surface area contributed by atoms with E-state index in [1.54, 1.807) is 49.2 Å². The third-order valence-corrected chi connectivity index (χ3v) is 6.70. The number of hydrogen-bond acceptors (Lipinski definition) is 5. The summed E-state index contributed by atoms with van der Waals surface area (Å²) < 4.78 is 6.06. The van der Waals surface area contributed by atoms with Crippen LogP contribution in [0.15, 0.2) is 58.8 Å². The van der Waals surface area contributed by atoms with Crippen LogP contribution in [0.5, 0.6) is 5.75 Å². The Hall–Kier alpha value is -1.69. The minimum atomic E-state index is 0.0205. The molecule has 134 valence electrons.